The predicted molar refractivity (Wildman–Crippen MR) is 91.9 cm³/mol. The molecule has 1 aromatic carbocycles. The Kier molecular flexibility index (Phi) is 5.22. The molecule has 0 unspecified atom stereocenters. The summed E-state index contributed by atoms with van der Waals surface area (Å²) in [5.74, 6) is 1.12. The van der Waals surface area contributed by atoms with E-state index in [0.717, 1.165) is 35.4 Å². The van der Waals surface area contributed by atoms with Crippen molar-refractivity contribution in [2.75, 3.05) is 0 Å². The summed E-state index contributed by atoms with van der Waals surface area (Å²) in [6, 6.07) is 6.50. The van der Waals surface area contributed by atoms with Gasteiger partial charge in [-0.25, -0.2) is 4.98 Å². The van der Waals surface area contributed by atoms with Crippen LogP contribution >= 0.6 is 15.9 Å². The highest BCUT2D eigenvalue weighted by Gasteiger charge is 2.11. The quantitative estimate of drug-likeness (QED) is 0.862. The molecule has 2 rings (SSSR count). The smallest absolute Gasteiger partial charge is 0.113 e. The van der Waals surface area contributed by atoms with Gasteiger partial charge in [0.1, 0.15) is 5.82 Å². The minimum atomic E-state index is 0.122. The van der Waals surface area contributed by atoms with Crippen LogP contribution in [0.15, 0.2) is 35.1 Å². The zero-order chi connectivity index (χ0) is 15.5. The fourth-order valence-corrected chi connectivity index (χ4v) is 2.67. The van der Waals surface area contributed by atoms with E-state index in [-0.39, 0.29) is 5.54 Å². The van der Waals surface area contributed by atoms with Crippen molar-refractivity contribution >= 4 is 15.9 Å². The van der Waals surface area contributed by atoms with Gasteiger partial charge in [0.15, 0.2) is 0 Å². The first-order valence-corrected chi connectivity index (χ1v) is 8.26. The maximum atomic E-state index is 4.44. The van der Waals surface area contributed by atoms with Crippen molar-refractivity contribution in [2.24, 2.45) is 0 Å². The number of benzene rings is 1. The minimum Gasteiger partial charge on any atom is -0.308 e. The highest BCUT2D eigenvalue weighted by Crippen LogP contribution is 2.22. The van der Waals surface area contributed by atoms with Gasteiger partial charge in [0.25, 0.3) is 0 Å². The average molecular weight is 350 g/mol. The summed E-state index contributed by atoms with van der Waals surface area (Å²) in [5, 5.41) is 3.52. The van der Waals surface area contributed by atoms with Gasteiger partial charge in [0, 0.05) is 41.1 Å². The van der Waals surface area contributed by atoms with Crippen LogP contribution < -0.4 is 5.32 Å². The molecule has 0 radical (unpaired) electrons. The second kappa shape index (κ2) is 6.75. The van der Waals surface area contributed by atoms with Gasteiger partial charge in [0.2, 0.25) is 0 Å². The van der Waals surface area contributed by atoms with E-state index in [4.69, 9.17) is 0 Å². The Bertz CT molecular complexity index is 596. The molecule has 114 valence electrons. The second-order valence-corrected chi connectivity index (χ2v) is 7.20. The molecule has 0 saturated heterocycles. The van der Waals surface area contributed by atoms with Crippen molar-refractivity contribution in [3.8, 4) is 5.69 Å². The lowest BCUT2D eigenvalue weighted by Crippen LogP contribution is -2.35. The molecule has 3 nitrogen and oxygen atoms in total. The van der Waals surface area contributed by atoms with Gasteiger partial charge >= 0.3 is 0 Å². The van der Waals surface area contributed by atoms with E-state index < -0.39 is 0 Å². The van der Waals surface area contributed by atoms with Crippen LogP contribution in [0.4, 0.5) is 0 Å². The van der Waals surface area contributed by atoms with Gasteiger partial charge in [-0.2, -0.15) is 0 Å². The van der Waals surface area contributed by atoms with E-state index in [1.165, 1.54) is 5.56 Å². The summed E-state index contributed by atoms with van der Waals surface area (Å²) < 4.78 is 3.29. The summed E-state index contributed by atoms with van der Waals surface area (Å²) in [4.78, 5) is 4.44. The molecule has 1 aromatic heterocycles. The molecular formula is C17H24BrN3. The normalized spacial score (nSPS) is 11.9. The molecule has 1 heterocycles. The first kappa shape index (κ1) is 16.2. The Morgan fingerprint density at radius 2 is 2.05 bits per heavy atom. The fourth-order valence-electron chi connectivity index (χ4n) is 2.17. The number of rotatable bonds is 5. The minimum absolute atomic E-state index is 0.122. The fraction of sp³-hybridized carbons (Fsp3) is 0.471. The Morgan fingerprint density at radius 3 is 2.67 bits per heavy atom. The van der Waals surface area contributed by atoms with Crippen molar-refractivity contribution in [1.82, 2.24) is 14.9 Å². The average Bonchev–Trinajstić information content (AvgIpc) is 2.85. The van der Waals surface area contributed by atoms with Crippen molar-refractivity contribution in [2.45, 2.75) is 52.6 Å². The lowest BCUT2D eigenvalue weighted by Gasteiger charge is -2.21. The molecule has 0 fully saturated rings. The number of hydrogen-bond donors (Lipinski definition) is 1. The van der Waals surface area contributed by atoms with Crippen LogP contribution in [0.25, 0.3) is 5.69 Å². The van der Waals surface area contributed by atoms with Gasteiger partial charge in [-0.3, -0.25) is 0 Å². The van der Waals surface area contributed by atoms with Crippen molar-refractivity contribution in [3.05, 3.63) is 46.5 Å². The Hall–Kier alpha value is -1.13. The van der Waals surface area contributed by atoms with Crippen molar-refractivity contribution < 1.29 is 0 Å². The largest absolute Gasteiger partial charge is 0.308 e. The summed E-state index contributed by atoms with van der Waals surface area (Å²) >= 11 is 3.69. The Morgan fingerprint density at radius 1 is 1.29 bits per heavy atom. The monoisotopic (exact) mass is 349 g/mol. The lowest BCUT2D eigenvalue weighted by molar-refractivity contribution is 0.424. The maximum absolute atomic E-state index is 4.44. The summed E-state index contributed by atoms with van der Waals surface area (Å²) in [6.45, 7) is 9.57. The third kappa shape index (κ3) is 4.42. The van der Waals surface area contributed by atoms with E-state index in [2.05, 4.69) is 76.7 Å². The molecule has 0 amide bonds. The molecule has 0 saturated carbocycles. The van der Waals surface area contributed by atoms with Crippen LogP contribution in [-0.4, -0.2) is 15.1 Å². The van der Waals surface area contributed by atoms with Crippen LogP contribution in [0.3, 0.4) is 0 Å². The molecular weight excluding hydrogens is 326 g/mol. The SMILES string of the molecule is CCCc1nccn1-c1ccc(CNC(C)(C)C)c(Br)c1. The van der Waals surface area contributed by atoms with Gasteiger partial charge in [-0.15, -0.1) is 0 Å². The molecule has 2 aromatic rings. The number of hydrogen-bond acceptors (Lipinski definition) is 2. The number of imidazole rings is 1. The summed E-state index contributed by atoms with van der Waals surface area (Å²) in [7, 11) is 0. The number of aryl methyl sites for hydroxylation is 1. The van der Waals surface area contributed by atoms with E-state index in [1.807, 2.05) is 12.4 Å². The number of halogens is 1. The summed E-state index contributed by atoms with van der Waals surface area (Å²) in [6.07, 6.45) is 6.00. The Labute approximate surface area is 135 Å². The van der Waals surface area contributed by atoms with Gasteiger partial charge in [-0.05, 0) is 44.9 Å². The molecule has 21 heavy (non-hydrogen) atoms. The molecule has 0 aliphatic rings. The van der Waals surface area contributed by atoms with E-state index in [1.54, 1.807) is 0 Å². The molecule has 1 N–H and O–H groups in total. The number of nitrogens with zero attached hydrogens (tertiary/aromatic N) is 2. The lowest BCUT2D eigenvalue weighted by atomic mass is 10.1. The molecule has 0 aliphatic heterocycles. The van der Waals surface area contributed by atoms with E-state index >= 15 is 0 Å². The van der Waals surface area contributed by atoms with Crippen LogP contribution in [0, 0.1) is 0 Å². The van der Waals surface area contributed by atoms with Crippen LogP contribution in [0.5, 0.6) is 0 Å². The van der Waals surface area contributed by atoms with E-state index in [9.17, 15) is 0 Å². The zero-order valence-electron chi connectivity index (χ0n) is 13.3. The maximum Gasteiger partial charge on any atom is 0.113 e. The predicted octanol–water partition coefficient (Wildman–Crippen LogP) is 4.48. The van der Waals surface area contributed by atoms with Gasteiger partial charge in [0.05, 0.1) is 0 Å². The molecule has 0 atom stereocenters. The summed E-state index contributed by atoms with van der Waals surface area (Å²) in [5.41, 5.74) is 2.55. The highest BCUT2D eigenvalue weighted by atomic mass is 79.9. The number of aromatic nitrogens is 2. The topological polar surface area (TPSA) is 29.9 Å². The van der Waals surface area contributed by atoms with Gasteiger partial charge in [-0.1, -0.05) is 28.9 Å². The van der Waals surface area contributed by atoms with Gasteiger partial charge < -0.3 is 9.88 Å². The third-order valence-corrected chi connectivity index (χ3v) is 4.05. The van der Waals surface area contributed by atoms with E-state index in [0.29, 0.717) is 0 Å². The highest BCUT2D eigenvalue weighted by molar-refractivity contribution is 9.10. The molecule has 0 aliphatic carbocycles. The van der Waals surface area contributed by atoms with Crippen molar-refractivity contribution in [3.63, 3.8) is 0 Å². The van der Waals surface area contributed by atoms with Crippen molar-refractivity contribution in [1.29, 1.82) is 0 Å². The molecule has 4 heteroatoms. The van der Waals surface area contributed by atoms with Crippen LogP contribution in [0.2, 0.25) is 0 Å². The first-order chi connectivity index (χ1) is 9.90. The molecule has 0 bridgehead atoms. The standard InChI is InChI=1S/C17H24BrN3/c1-5-6-16-19-9-10-21(16)14-8-7-13(15(18)11-14)12-20-17(2,3)4/h7-11,20H,5-6,12H2,1-4H3. The third-order valence-electron chi connectivity index (χ3n) is 3.31. The Balaban J connectivity index is 2.20. The van der Waals surface area contributed by atoms with Crippen LogP contribution in [0.1, 0.15) is 45.5 Å². The number of nitrogens with one attached hydrogen (secondary N) is 1. The first-order valence-electron chi connectivity index (χ1n) is 7.47. The van der Waals surface area contributed by atoms with Crippen LogP contribution in [-0.2, 0) is 13.0 Å². The zero-order valence-corrected chi connectivity index (χ0v) is 14.9. The molecule has 0 spiro atoms. The second-order valence-electron chi connectivity index (χ2n) is 6.34.